The summed E-state index contributed by atoms with van der Waals surface area (Å²) in [4.78, 5) is 40.1. The van der Waals surface area contributed by atoms with Gasteiger partial charge >= 0.3 is 0 Å². The smallest absolute Gasteiger partial charge is 0.272 e. The summed E-state index contributed by atoms with van der Waals surface area (Å²) in [6.07, 6.45) is 3.48. The third-order valence-electron chi connectivity index (χ3n) is 6.48. The van der Waals surface area contributed by atoms with Crippen LogP contribution in [0.1, 0.15) is 42.6 Å². The fourth-order valence-corrected chi connectivity index (χ4v) is 5.48. The Labute approximate surface area is 277 Å². The summed E-state index contributed by atoms with van der Waals surface area (Å²) < 4.78 is 5.68. The molecule has 0 aliphatic rings. The molecule has 1 atom stereocenters. The molecule has 0 spiro atoms. The molecule has 4 rings (SSSR count). The molecule has 0 aliphatic carbocycles. The van der Waals surface area contributed by atoms with E-state index in [1.165, 1.54) is 17.8 Å². The molecule has 3 N–H and O–H groups in total. The Morgan fingerprint density at radius 2 is 1.53 bits per heavy atom. The van der Waals surface area contributed by atoms with Crippen LogP contribution in [0.25, 0.3) is 6.08 Å². The Kier molecular flexibility index (Phi) is 12.5. The summed E-state index contributed by atoms with van der Waals surface area (Å²) in [5.74, 6) is -0.455. The minimum Gasteiger partial charge on any atom is -0.494 e. The minimum absolute atomic E-state index is 0.0496. The molecule has 0 radical (unpaired) electrons. The predicted molar refractivity (Wildman–Crippen MR) is 184 cm³/mol. The molecule has 0 heterocycles. The maximum absolute atomic E-state index is 13.5. The first-order chi connectivity index (χ1) is 21.7. The van der Waals surface area contributed by atoms with Crippen molar-refractivity contribution in [1.82, 2.24) is 5.32 Å². The molecule has 10 heteroatoms. The van der Waals surface area contributed by atoms with Crippen LogP contribution < -0.4 is 20.7 Å². The van der Waals surface area contributed by atoms with Crippen molar-refractivity contribution >= 4 is 70.1 Å². The van der Waals surface area contributed by atoms with Crippen LogP contribution in [0.2, 0.25) is 10.0 Å². The third-order valence-corrected chi connectivity index (χ3v) is 8.23. The SMILES string of the molecule is CCCCOc1ccc(NC(=O)C(C)Sc2cccc(NC(=O)/C(=C\c3c(Cl)cccc3Cl)NC(=O)c3ccccc3)c2)cc1. The molecular weight excluding hydrogens is 629 g/mol. The van der Waals surface area contributed by atoms with Gasteiger partial charge < -0.3 is 20.7 Å². The maximum Gasteiger partial charge on any atom is 0.272 e. The fourth-order valence-electron chi connectivity index (χ4n) is 4.05. The summed E-state index contributed by atoms with van der Waals surface area (Å²) in [6.45, 7) is 4.57. The van der Waals surface area contributed by atoms with Crippen molar-refractivity contribution in [2.45, 2.75) is 36.8 Å². The summed E-state index contributed by atoms with van der Waals surface area (Å²) in [6, 6.07) is 27.9. The molecular formula is C35H33Cl2N3O4S. The Hall–Kier alpha value is -4.24. The Morgan fingerprint density at radius 3 is 2.22 bits per heavy atom. The lowest BCUT2D eigenvalue weighted by molar-refractivity contribution is -0.115. The molecule has 0 saturated carbocycles. The molecule has 3 amide bonds. The molecule has 7 nitrogen and oxygen atoms in total. The number of carbonyl (C=O) groups excluding carboxylic acids is 3. The summed E-state index contributed by atoms with van der Waals surface area (Å²) in [5, 5.41) is 8.66. The summed E-state index contributed by atoms with van der Waals surface area (Å²) in [5.41, 5.74) is 1.87. The maximum atomic E-state index is 13.5. The van der Waals surface area contributed by atoms with Crippen LogP contribution in [0.5, 0.6) is 5.75 Å². The zero-order valence-electron chi connectivity index (χ0n) is 24.8. The lowest BCUT2D eigenvalue weighted by atomic mass is 10.1. The van der Waals surface area contributed by atoms with Gasteiger partial charge in [0.1, 0.15) is 11.4 Å². The lowest BCUT2D eigenvalue weighted by Gasteiger charge is -2.15. The van der Waals surface area contributed by atoms with Crippen molar-refractivity contribution in [3.8, 4) is 5.75 Å². The van der Waals surface area contributed by atoms with Gasteiger partial charge in [-0.05, 0) is 86.2 Å². The van der Waals surface area contributed by atoms with Crippen LogP contribution >= 0.6 is 35.0 Å². The number of nitrogens with one attached hydrogen (secondary N) is 3. The fraction of sp³-hybridized carbons (Fsp3) is 0.171. The van der Waals surface area contributed by atoms with Gasteiger partial charge in [0.15, 0.2) is 0 Å². The number of amides is 3. The van der Waals surface area contributed by atoms with Crippen LogP contribution in [0, 0.1) is 0 Å². The number of ether oxygens (including phenoxy) is 1. The number of thioether (sulfide) groups is 1. The highest BCUT2D eigenvalue weighted by Crippen LogP contribution is 2.29. The molecule has 0 aliphatic heterocycles. The molecule has 4 aromatic carbocycles. The standard InChI is InChI=1S/C35H33Cl2N3O4S/c1-3-4-20-44-27-18-16-25(17-19-27)38-33(41)23(2)45-28-13-8-12-26(21-28)39-35(43)32(22-29-30(36)14-9-15-31(29)37)40-34(42)24-10-6-5-7-11-24/h5-19,21-23H,3-4,20H2,1-2H3,(H,38,41)(H,39,43)(H,40,42)/b32-22+. The van der Waals surface area contributed by atoms with Crippen molar-refractivity contribution < 1.29 is 19.1 Å². The molecule has 0 bridgehead atoms. The van der Waals surface area contributed by atoms with E-state index in [1.807, 2.05) is 30.3 Å². The van der Waals surface area contributed by atoms with E-state index in [0.717, 1.165) is 23.5 Å². The van der Waals surface area contributed by atoms with Crippen molar-refractivity contribution in [1.29, 1.82) is 0 Å². The number of anilines is 2. The van der Waals surface area contributed by atoms with Crippen molar-refractivity contribution in [2.24, 2.45) is 0 Å². The van der Waals surface area contributed by atoms with E-state index in [0.29, 0.717) is 39.2 Å². The summed E-state index contributed by atoms with van der Waals surface area (Å²) in [7, 11) is 0. The van der Waals surface area contributed by atoms with Gasteiger partial charge in [-0.25, -0.2) is 0 Å². The van der Waals surface area contributed by atoms with Gasteiger partial charge in [0.05, 0.1) is 11.9 Å². The minimum atomic E-state index is -0.578. The number of halogens is 2. The van der Waals surface area contributed by atoms with E-state index in [-0.39, 0.29) is 11.6 Å². The molecule has 0 fully saturated rings. The average molecular weight is 663 g/mol. The second kappa shape index (κ2) is 16.7. The Bertz CT molecular complexity index is 1640. The van der Waals surface area contributed by atoms with Crippen LogP contribution in [-0.2, 0) is 9.59 Å². The first-order valence-corrected chi connectivity index (χ1v) is 16.0. The number of benzene rings is 4. The van der Waals surface area contributed by atoms with E-state index < -0.39 is 17.1 Å². The lowest BCUT2D eigenvalue weighted by Crippen LogP contribution is -2.30. The predicted octanol–water partition coefficient (Wildman–Crippen LogP) is 8.70. The molecule has 4 aromatic rings. The molecule has 45 heavy (non-hydrogen) atoms. The van der Waals surface area contributed by atoms with E-state index >= 15 is 0 Å². The van der Waals surface area contributed by atoms with E-state index in [1.54, 1.807) is 73.7 Å². The largest absolute Gasteiger partial charge is 0.494 e. The number of rotatable bonds is 13. The third kappa shape index (κ3) is 10.1. The number of hydrogen-bond acceptors (Lipinski definition) is 5. The van der Waals surface area contributed by atoms with Crippen molar-refractivity contribution in [2.75, 3.05) is 17.2 Å². The van der Waals surface area contributed by atoms with Crippen LogP contribution in [0.15, 0.2) is 108 Å². The van der Waals surface area contributed by atoms with Gasteiger partial charge in [0, 0.05) is 37.4 Å². The zero-order chi connectivity index (χ0) is 32.2. The van der Waals surface area contributed by atoms with Crippen LogP contribution in [-0.4, -0.2) is 29.6 Å². The van der Waals surface area contributed by atoms with E-state index in [2.05, 4.69) is 22.9 Å². The van der Waals surface area contributed by atoms with E-state index in [9.17, 15) is 14.4 Å². The Balaban J connectivity index is 1.44. The van der Waals surface area contributed by atoms with Gasteiger partial charge in [0.25, 0.3) is 11.8 Å². The molecule has 0 saturated heterocycles. The second-order valence-corrected chi connectivity index (χ2v) is 12.2. The van der Waals surface area contributed by atoms with Gasteiger partial charge in [-0.15, -0.1) is 11.8 Å². The quantitative estimate of drug-likeness (QED) is 0.0756. The molecule has 1 unspecified atom stereocenters. The van der Waals surface area contributed by atoms with Gasteiger partial charge in [-0.2, -0.15) is 0 Å². The van der Waals surface area contributed by atoms with Crippen molar-refractivity contribution in [3.63, 3.8) is 0 Å². The monoisotopic (exact) mass is 661 g/mol. The molecule has 0 aromatic heterocycles. The van der Waals surface area contributed by atoms with Gasteiger partial charge in [0.2, 0.25) is 5.91 Å². The summed E-state index contributed by atoms with van der Waals surface area (Å²) >= 11 is 14.1. The second-order valence-electron chi connectivity index (χ2n) is 9.97. The highest BCUT2D eigenvalue weighted by Gasteiger charge is 2.18. The van der Waals surface area contributed by atoms with Crippen LogP contribution in [0.3, 0.4) is 0 Å². The van der Waals surface area contributed by atoms with Gasteiger partial charge in [-0.1, -0.05) is 66.9 Å². The number of hydrogen-bond donors (Lipinski definition) is 3. The Morgan fingerprint density at radius 1 is 0.844 bits per heavy atom. The first-order valence-electron chi connectivity index (χ1n) is 14.4. The number of unbranched alkanes of at least 4 members (excludes halogenated alkanes) is 1. The zero-order valence-corrected chi connectivity index (χ0v) is 27.1. The normalized spacial score (nSPS) is 11.8. The average Bonchev–Trinajstić information content (AvgIpc) is 3.03. The molecule has 232 valence electrons. The number of carbonyl (C=O) groups is 3. The van der Waals surface area contributed by atoms with E-state index in [4.69, 9.17) is 27.9 Å². The van der Waals surface area contributed by atoms with Crippen LogP contribution in [0.4, 0.5) is 11.4 Å². The van der Waals surface area contributed by atoms with Crippen molar-refractivity contribution in [3.05, 3.63) is 124 Å². The highest BCUT2D eigenvalue weighted by molar-refractivity contribution is 8.00. The van der Waals surface area contributed by atoms with Gasteiger partial charge in [-0.3, -0.25) is 14.4 Å². The topological polar surface area (TPSA) is 96.5 Å². The first kappa shape index (κ1) is 33.6. The highest BCUT2D eigenvalue weighted by atomic mass is 35.5.